The van der Waals surface area contributed by atoms with E-state index in [1.54, 1.807) is 30.3 Å². The molecule has 0 N–H and O–H groups in total. The first kappa shape index (κ1) is 18.9. The summed E-state index contributed by atoms with van der Waals surface area (Å²) in [4.78, 5) is 0.206. The van der Waals surface area contributed by atoms with E-state index >= 15 is 0 Å². The first-order valence-electron chi connectivity index (χ1n) is 8.22. The molecule has 0 aliphatic carbocycles. The van der Waals surface area contributed by atoms with Crippen molar-refractivity contribution in [2.45, 2.75) is 63.2 Å². The molecule has 0 radical (unpaired) electrons. The molecule has 0 aliphatic heterocycles. The first-order chi connectivity index (χ1) is 10.6. The Kier molecular flexibility index (Phi) is 9.09. The Bertz CT molecular complexity index is 518. The molecule has 124 valence electrons. The second-order valence-corrected chi connectivity index (χ2v) is 7.14. The lowest BCUT2D eigenvalue weighted by molar-refractivity contribution is 0.306. The van der Waals surface area contributed by atoms with Crippen LogP contribution in [0.1, 0.15) is 63.9 Å². The van der Waals surface area contributed by atoms with Crippen LogP contribution in [0.4, 0.5) is 0 Å². The van der Waals surface area contributed by atoms with Crippen molar-refractivity contribution in [3.05, 3.63) is 36.4 Å². The van der Waals surface area contributed by atoms with Gasteiger partial charge in [-0.1, -0.05) is 76.7 Å². The first-order valence-corrected chi connectivity index (χ1v) is 9.63. The molecule has 1 aromatic rings. The van der Waals surface area contributed by atoms with Crippen molar-refractivity contribution >= 4 is 16.2 Å². The Morgan fingerprint density at radius 3 is 2.05 bits per heavy atom. The fourth-order valence-corrected chi connectivity index (χ4v) is 3.19. The van der Waals surface area contributed by atoms with Crippen LogP contribution in [0.2, 0.25) is 0 Å². The van der Waals surface area contributed by atoms with Crippen molar-refractivity contribution in [2.75, 3.05) is 6.61 Å². The fourth-order valence-electron chi connectivity index (χ4n) is 2.24. The highest BCUT2D eigenvalue weighted by Crippen LogP contribution is 2.15. The molecule has 0 unspecified atom stereocenters. The molecule has 0 amide bonds. The van der Waals surface area contributed by atoms with Gasteiger partial charge in [-0.25, -0.2) is 0 Å². The van der Waals surface area contributed by atoms with Gasteiger partial charge in [0, 0.05) is 0 Å². The number of unbranched alkanes of at least 4 members (excludes halogenated alkanes) is 7. The van der Waals surface area contributed by atoms with Crippen molar-refractivity contribution in [1.29, 1.82) is 0 Å². The van der Waals surface area contributed by atoms with Crippen molar-refractivity contribution < 1.29 is 12.6 Å². The molecular formula is C18H28O3S. The summed E-state index contributed by atoms with van der Waals surface area (Å²) < 4.78 is 29.1. The van der Waals surface area contributed by atoms with E-state index in [4.69, 9.17) is 4.18 Å². The average Bonchev–Trinajstić information content (AvgIpc) is 2.53. The van der Waals surface area contributed by atoms with E-state index in [-0.39, 0.29) is 11.5 Å². The van der Waals surface area contributed by atoms with Crippen LogP contribution < -0.4 is 0 Å². The lowest BCUT2D eigenvalue weighted by Crippen LogP contribution is -2.07. The van der Waals surface area contributed by atoms with Crippen LogP contribution in [-0.2, 0) is 14.3 Å². The van der Waals surface area contributed by atoms with Gasteiger partial charge in [0.25, 0.3) is 10.1 Å². The molecule has 0 saturated carbocycles. The zero-order valence-corrected chi connectivity index (χ0v) is 14.4. The molecule has 3 nitrogen and oxygen atoms in total. The van der Waals surface area contributed by atoms with Gasteiger partial charge < -0.3 is 0 Å². The van der Waals surface area contributed by atoms with Crippen LogP contribution in [0.5, 0.6) is 0 Å². The number of benzene rings is 1. The third-order valence-electron chi connectivity index (χ3n) is 3.64. The molecular weight excluding hydrogens is 296 g/mol. The van der Waals surface area contributed by atoms with E-state index in [2.05, 4.69) is 13.5 Å². The lowest BCUT2D eigenvalue weighted by atomic mass is 10.1. The second kappa shape index (κ2) is 10.6. The summed E-state index contributed by atoms with van der Waals surface area (Å²) in [6, 6.07) is 6.55. The molecule has 0 atom stereocenters. The molecule has 4 heteroatoms. The highest BCUT2D eigenvalue weighted by molar-refractivity contribution is 7.86. The Hall–Kier alpha value is -1.13. The number of hydrogen-bond donors (Lipinski definition) is 0. The predicted octanol–water partition coefficient (Wildman–Crippen LogP) is 5.18. The van der Waals surface area contributed by atoms with Crippen molar-refractivity contribution in [3.8, 4) is 0 Å². The molecule has 0 spiro atoms. The maximum absolute atomic E-state index is 12.0. The number of rotatable bonds is 12. The molecule has 0 fully saturated rings. The van der Waals surface area contributed by atoms with Crippen molar-refractivity contribution in [3.63, 3.8) is 0 Å². The molecule has 0 aliphatic rings. The van der Waals surface area contributed by atoms with Gasteiger partial charge in [-0.3, -0.25) is 4.18 Å². The maximum atomic E-state index is 12.0. The number of hydrogen-bond acceptors (Lipinski definition) is 3. The highest BCUT2D eigenvalue weighted by Gasteiger charge is 2.14. The maximum Gasteiger partial charge on any atom is 0.296 e. The zero-order chi connectivity index (χ0) is 16.3. The van der Waals surface area contributed by atoms with Crippen molar-refractivity contribution in [2.24, 2.45) is 0 Å². The minimum absolute atomic E-state index is 0.206. The minimum Gasteiger partial charge on any atom is -0.266 e. The van der Waals surface area contributed by atoms with Crippen molar-refractivity contribution in [1.82, 2.24) is 0 Å². The monoisotopic (exact) mass is 324 g/mol. The summed E-state index contributed by atoms with van der Waals surface area (Å²) in [6.07, 6.45) is 11.0. The summed E-state index contributed by atoms with van der Waals surface area (Å²) in [5, 5.41) is 0. The standard InChI is InChI=1S/C18H28O3S/c1-3-5-6-7-8-9-10-11-16-21-22(19,20)18-14-12-17(4-2)13-15-18/h4,12-15H,2-3,5-11,16H2,1H3. The normalized spacial score (nSPS) is 11.5. The van der Waals surface area contributed by atoms with Crippen LogP contribution in [0.25, 0.3) is 6.08 Å². The predicted molar refractivity (Wildman–Crippen MR) is 92.3 cm³/mol. The quantitative estimate of drug-likeness (QED) is 0.393. The molecule has 22 heavy (non-hydrogen) atoms. The fraction of sp³-hybridized carbons (Fsp3) is 0.556. The SMILES string of the molecule is C=Cc1ccc(S(=O)(=O)OCCCCCCCCCC)cc1. The molecule has 0 heterocycles. The zero-order valence-electron chi connectivity index (χ0n) is 13.6. The molecule has 0 bridgehead atoms. The van der Waals surface area contributed by atoms with Gasteiger partial charge in [-0.2, -0.15) is 8.42 Å². The van der Waals surface area contributed by atoms with Crippen LogP contribution in [-0.4, -0.2) is 15.0 Å². The van der Waals surface area contributed by atoms with Gasteiger partial charge >= 0.3 is 0 Å². The van der Waals surface area contributed by atoms with Crippen LogP contribution >= 0.6 is 0 Å². The molecule has 0 saturated heterocycles. The van der Waals surface area contributed by atoms with Crippen LogP contribution in [0.3, 0.4) is 0 Å². The smallest absolute Gasteiger partial charge is 0.266 e. The third kappa shape index (κ3) is 7.23. The van der Waals surface area contributed by atoms with Gasteiger partial charge in [0.1, 0.15) is 0 Å². The summed E-state index contributed by atoms with van der Waals surface area (Å²) in [5.74, 6) is 0. The topological polar surface area (TPSA) is 43.4 Å². The van der Waals surface area contributed by atoms with Gasteiger partial charge in [-0.05, 0) is 24.1 Å². The Balaban J connectivity index is 2.21. The van der Waals surface area contributed by atoms with Gasteiger partial charge in [0.15, 0.2) is 0 Å². The second-order valence-electron chi connectivity index (χ2n) is 5.52. The molecule has 1 rings (SSSR count). The average molecular weight is 324 g/mol. The molecule has 1 aromatic carbocycles. The largest absolute Gasteiger partial charge is 0.296 e. The van der Waals surface area contributed by atoms with E-state index in [0.717, 1.165) is 24.8 Å². The summed E-state index contributed by atoms with van der Waals surface area (Å²) >= 11 is 0. The van der Waals surface area contributed by atoms with E-state index in [1.807, 2.05) is 0 Å². The van der Waals surface area contributed by atoms with E-state index < -0.39 is 10.1 Å². The Morgan fingerprint density at radius 1 is 0.955 bits per heavy atom. The van der Waals surface area contributed by atoms with E-state index in [1.165, 1.54) is 32.1 Å². The lowest BCUT2D eigenvalue weighted by Gasteiger charge is -2.06. The Labute approximate surface area is 135 Å². The van der Waals surface area contributed by atoms with Gasteiger partial charge in [-0.15, -0.1) is 0 Å². The van der Waals surface area contributed by atoms with E-state index in [0.29, 0.717) is 0 Å². The van der Waals surface area contributed by atoms with Gasteiger partial charge in [0.2, 0.25) is 0 Å². The van der Waals surface area contributed by atoms with Crippen LogP contribution in [0.15, 0.2) is 35.7 Å². The van der Waals surface area contributed by atoms with Gasteiger partial charge in [0.05, 0.1) is 11.5 Å². The minimum atomic E-state index is -3.62. The molecule has 0 aromatic heterocycles. The Morgan fingerprint density at radius 2 is 1.50 bits per heavy atom. The van der Waals surface area contributed by atoms with E-state index in [9.17, 15) is 8.42 Å². The third-order valence-corrected chi connectivity index (χ3v) is 4.97. The van der Waals surface area contributed by atoms with Crippen LogP contribution in [0, 0.1) is 0 Å². The summed E-state index contributed by atoms with van der Waals surface area (Å²) in [5.41, 5.74) is 0.891. The summed E-state index contributed by atoms with van der Waals surface area (Å²) in [7, 11) is -3.62. The summed E-state index contributed by atoms with van der Waals surface area (Å²) in [6.45, 7) is 6.12. The highest BCUT2D eigenvalue weighted by atomic mass is 32.2.